The fraction of sp³-hybridized carbons (Fsp3) is 0.476. The van der Waals surface area contributed by atoms with E-state index in [2.05, 4.69) is 38.1 Å². The summed E-state index contributed by atoms with van der Waals surface area (Å²) in [5.74, 6) is 1.65. The van der Waals surface area contributed by atoms with Crippen molar-refractivity contribution in [2.45, 2.75) is 25.4 Å². The monoisotopic (exact) mass is 508 g/mol. The van der Waals surface area contributed by atoms with Crippen molar-refractivity contribution in [2.75, 3.05) is 44.2 Å². The summed E-state index contributed by atoms with van der Waals surface area (Å²) in [6.07, 6.45) is 5.20. The van der Waals surface area contributed by atoms with Gasteiger partial charge in [0.1, 0.15) is 5.60 Å². The third-order valence-electron chi connectivity index (χ3n) is 5.57. The summed E-state index contributed by atoms with van der Waals surface area (Å²) in [5.41, 5.74) is 1.40. The molecule has 4 rings (SSSR count). The number of hydrogen-bond acceptors (Lipinski definition) is 5. The minimum atomic E-state index is -0.864. The Morgan fingerprint density at radius 1 is 1.14 bits per heavy atom. The van der Waals surface area contributed by atoms with Crippen molar-refractivity contribution in [3.63, 3.8) is 0 Å². The Labute approximate surface area is 189 Å². The maximum Gasteiger partial charge on any atom is 0.225 e. The molecule has 1 unspecified atom stereocenters. The van der Waals surface area contributed by atoms with Gasteiger partial charge in [-0.3, -0.25) is 0 Å². The van der Waals surface area contributed by atoms with E-state index in [9.17, 15) is 5.11 Å². The number of aliphatic hydroxyl groups is 1. The van der Waals surface area contributed by atoms with E-state index in [4.69, 9.17) is 4.99 Å². The zero-order valence-electron chi connectivity index (χ0n) is 16.8. The molecule has 1 aliphatic carbocycles. The summed E-state index contributed by atoms with van der Waals surface area (Å²) < 4.78 is 0. The molecule has 8 heteroatoms. The van der Waals surface area contributed by atoms with E-state index in [1.165, 1.54) is 5.56 Å². The van der Waals surface area contributed by atoms with Gasteiger partial charge in [-0.05, 0) is 37.0 Å². The lowest BCUT2D eigenvalue weighted by molar-refractivity contribution is 0.0482. The van der Waals surface area contributed by atoms with Gasteiger partial charge in [0.15, 0.2) is 5.96 Å². The molecule has 0 amide bonds. The average Bonchev–Trinajstić information content (AvgIpc) is 3.09. The molecule has 1 aliphatic heterocycles. The molecule has 1 saturated heterocycles. The minimum absolute atomic E-state index is 0. The van der Waals surface area contributed by atoms with E-state index in [0.29, 0.717) is 6.54 Å². The molecule has 7 nitrogen and oxygen atoms in total. The largest absolute Gasteiger partial charge is 0.383 e. The van der Waals surface area contributed by atoms with Crippen LogP contribution in [-0.4, -0.2) is 65.2 Å². The molecule has 0 radical (unpaired) electrons. The minimum Gasteiger partial charge on any atom is -0.383 e. The molecule has 0 saturated carbocycles. The molecule has 0 bridgehead atoms. The Balaban J connectivity index is 0.00000240. The Hall–Kier alpha value is -1.94. The predicted molar refractivity (Wildman–Crippen MR) is 126 cm³/mol. The van der Waals surface area contributed by atoms with Crippen LogP contribution in [0.1, 0.15) is 24.5 Å². The highest BCUT2D eigenvalue weighted by Gasteiger charge is 2.36. The number of nitrogens with zero attached hydrogens (tertiary/aromatic N) is 5. The molecular formula is C21H29IN6O. The summed E-state index contributed by atoms with van der Waals surface area (Å²) in [6, 6.07) is 10.0. The van der Waals surface area contributed by atoms with Crippen LogP contribution < -0.4 is 10.2 Å². The first kappa shape index (κ1) is 21.8. The summed E-state index contributed by atoms with van der Waals surface area (Å²) in [6.45, 7) is 6.65. The number of nitrogens with one attached hydrogen (secondary N) is 1. The number of benzene rings is 1. The topological polar surface area (TPSA) is 76.9 Å². The van der Waals surface area contributed by atoms with E-state index in [-0.39, 0.29) is 24.0 Å². The number of rotatable bonds is 4. The van der Waals surface area contributed by atoms with Crippen molar-refractivity contribution in [1.29, 1.82) is 0 Å². The van der Waals surface area contributed by atoms with Crippen LogP contribution in [0.4, 0.5) is 5.95 Å². The lowest BCUT2D eigenvalue weighted by atomic mass is 9.96. The fourth-order valence-electron chi connectivity index (χ4n) is 4.04. The quantitative estimate of drug-likeness (QED) is 0.374. The van der Waals surface area contributed by atoms with Gasteiger partial charge in [0.05, 0.1) is 6.54 Å². The van der Waals surface area contributed by atoms with Crippen molar-refractivity contribution >= 4 is 35.9 Å². The van der Waals surface area contributed by atoms with Crippen LogP contribution in [0.2, 0.25) is 0 Å². The normalized spacial score (nSPS) is 21.5. The van der Waals surface area contributed by atoms with E-state index in [1.54, 1.807) is 12.4 Å². The fourth-order valence-corrected chi connectivity index (χ4v) is 4.04. The average molecular weight is 508 g/mol. The number of halogens is 1. The van der Waals surface area contributed by atoms with Crippen molar-refractivity contribution < 1.29 is 5.11 Å². The zero-order valence-corrected chi connectivity index (χ0v) is 19.1. The van der Waals surface area contributed by atoms with Crippen LogP contribution in [0, 0.1) is 0 Å². The third-order valence-corrected chi connectivity index (χ3v) is 5.57. The van der Waals surface area contributed by atoms with Gasteiger partial charge < -0.3 is 20.2 Å². The van der Waals surface area contributed by atoms with Gasteiger partial charge in [-0.2, -0.15) is 0 Å². The van der Waals surface area contributed by atoms with Gasteiger partial charge in [-0.15, -0.1) is 24.0 Å². The second-order valence-electron chi connectivity index (χ2n) is 7.38. The van der Waals surface area contributed by atoms with Crippen LogP contribution in [0.3, 0.4) is 0 Å². The van der Waals surface area contributed by atoms with Crippen LogP contribution >= 0.6 is 24.0 Å². The smallest absolute Gasteiger partial charge is 0.225 e. The van der Waals surface area contributed by atoms with Gasteiger partial charge in [0.25, 0.3) is 0 Å². The summed E-state index contributed by atoms with van der Waals surface area (Å²) in [5, 5.41) is 14.6. The molecule has 1 aromatic carbocycles. The van der Waals surface area contributed by atoms with E-state index in [1.807, 2.05) is 24.3 Å². The first-order valence-corrected chi connectivity index (χ1v) is 10.1. The van der Waals surface area contributed by atoms with Crippen LogP contribution in [0.15, 0.2) is 47.7 Å². The predicted octanol–water partition coefficient (Wildman–Crippen LogP) is 2.02. The molecule has 2 heterocycles. The molecule has 1 atom stereocenters. The van der Waals surface area contributed by atoms with E-state index >= 15 is 0 Å². The SMILES string of the molecule is CCNC(=NCC1(O)CCc2ccccc21)N1CCN(c2ncccn2)CC1.I. The lowest BCUT2D eigenvalue weighted by Gasteiger charge is -2.36. The number of fused-ring (bicyclic) bond motifs is 1. The maximum absolute atomic E-state index is 11.2. The van der Waals surface area contributed by atoms with Crippen molar-refractivity contribution in [3.05, 3.63) is 53.9 Å². The molecule has 2 aliphatic rings. The summed E-state index contributed by atoms with van der Waals surface area (Å²) in [4.78, 5) is 18.0. The molecular weight excluding hydrogens is 479 g/mol. The Morgan fingerprint density at radius 3 is 2.59 bits per heavy atom. The van der Waals surface area contributed by atoms with Crippen LogP contribution in [0.5, 0.6) is 0 Å². The molecule has 0 spiro atoms. The number of piperazine rings is 1. The summed E-state index contributed by atoms with van der Waals surface area (Å²) >= 11 is 0. The number of hydrogen-bond donors (Lipinski definition) is 2. The molecule has 29 heavy (non-hydrogen) atoms. The second-order valence-corrected chi connectivity index (χ2v) is 7.38. The standard InChI is InChI=1S/C21H28N6O.HI/c1-2-22-19(25-16-21(28)9-8-17-6-3-4-7-18(17)21)26-12-14-27(15-13-26)20-23-10-5-11-24-20;/h3-7,10-11,28H,2,8-9,12-16H2,1H3,(H,22,25);1H. The zero-order chi connectivity index (χ0) is 19.4. The van der Waals surface area contributed by atoms with Gasteiger partial charge in [-0.1, -0.05) is 24.3 Å². The van der Waals surface area contributed by atoms with Crippen LogP contribution in [0.25, 0.3) is 0 Å². The third kappa shape index (κ3) is 4.80. The highest BCUT2D eigenvalue weighted by atomic mass is 127. The molecule has 156 valence electrons. The Bertz CT molecular complexity index is 825. The van der Waals surface area contributed by atoms with Gasteiger partial charge in [0.2, 0.25) is 5.95 Å². The highest BCUT2D eigenvalue weighted by Crippen LogP contribution is 2.36. The number of anilines is 1. The number of aliphatic imine (C=N–C) groups is 1. The first-order chi connectivity index (χ1) is 13.7. The van der Waals surface area contributed by atoms with Crippen molar-refractivity contribution in [3.8, 4) is 0 Å². The second kappa shape index (κ2) is 9.71. The molecule has 1 aromatic heterocycles. The summed E-state index contributed by atoms with van der Waals surface area (Å²) in [7, 11) is 0. The van der Waals surface area contributed by atoms with Gasteiger partial charge >= 0.3 is 0 Å². The first-order valence-electron chi connectivity index (χ1n) is 10.1. The molecule has 1 fully saturated rings. The number of aromatic nitrogens is 2. The van der Waals surface area contributed by atoms with E-state index < -0.39 is 5.60 Å². The van der Waals surface area contributed by atoms with Crippen LogP contribution in [-0.2, 0) is 12.0 Å². The Kier molecular flexibility index (Phi) is 7.28. The van der Waals surface area contributed by atoms with Gasteiger partial charge in [0, 0.05) is 45.1 Å². The maximum atomic E-state index is 11.2. The molecule has 2 N–H and O–H groups in total. The number of aryl methyl sites for hydroxylation is 1. The van der Waals surface area contributed by atoms with E-state index in [0.717, 1.165) is 63.0 Å². The molecule has 2 aromatic rings. The lowest BCUT2D eigenvalue weighted by Crippen LogP contribution is -2.53. The van der Waals surface area contributed by atoms with Crippen molar-refractivity contribution in [2.24, 2.45) is 4.99 Å². The Morgan fingerprint density at radius 2 is 1.86 bits per heavy atom. The van der Waals surface area contributed by atoms with Crippen molar-refractivity contribution in [1.82, 2.24) is 20.2 Å². The van der Waals surface area contributed by atoms with Gasteiger partial charge in [-0.25, -0.2) is 15.0 Å². The highest BCUT2D eigenvalue weighted by molar-refractivity contribution is 14.0. The number of guanidine groups is 1.